The molecule has 1 atom stereocenters. The molecule has 198 valence electrons. The maximum atomic E-state index is 12.9. The van der Waals surface area contributed by atoms with Gasteiger partial charge in [0.05, 0.1) is 17.7 Å². The van der Waals surface area contributed by atoms with Gasteiger partial charge in [0.25, 0.3) is 5.91 Å². The number of piperidine rings is 1. The summed E-state index contributed by atoms with van der Waals surface area (Å²) in [6, 6.07) is 11.3. The number of benzene rings is 2. The molecule has 0 radical (unpaired) electrons. The number of likely N-dealkylation sites (tertiary alicyclic amines) is 1. The topological polar surface area (TPSA) is 102 Å². The van der Waals surface area contributed by atoms with Crippen molar-refractivity contribution in [1.29, 1.82) is 0 Å². The highest BCUT2D eigenvalue weighted by Gasteiger charge is 2.32. The molecule has 2 fully saturated rings. The molecule has 0 unspecified atom stereocenters. The highest BCUT2D eigenvalue weighted by molar-refractivity contribution is 5.96. The standard InChI is InChI=1S/C26H29F3N4O4/c27-26(28,29)19-3-1-2-18(14-19)24(35)30-15-23(34)31-20-8-11-33(16-20)22-9-12-32(13-10-22)21-6-4-17(5-7-21)25(36)37/h1-7,14,20,22H,8-13,15-16H2,(H,30,35)(H,31,34)(H,36,37)/t20-/m1/s1. The molecule has 2 aromatic carbocycles. The average molecular weight is 519 g/mol. The van der Waals surface area contributed by atoms with E-state index < -0.39 is 23.6 Å². The van der Waals surface area contributed by atoms with Crippen LogP contribution in [-0.2, 0) is 11.0 Å². The molecule has 11 heteroatoms. The van der Waals surface area contributed by atoms with Crippen molar-refractivity contribution in [3.05, 3.63) is 65.2 Å². The van der Waals surface area contributed by atoms with Crippen LogP contribution in [0.25, 0.3) is 0 Å². The Morgan fingerprint density at radius 2 is 1.65 bits per heavy atom. The van der Waals surface area contributed by atoms with Crippen LogP contribution >= 0.6 is 0 Å². The van der Waals surface area contributed by atoms with Crippen molar-refractivity contribution < 1.29 is 32.7 Å². The van der Waals surface area contributed by atoms with Crippen LogP contribution in [-0.4, -0.2) is 72.6 Å². The third kappa shape index (κ3) is 6.79. The van der Waals surface area contributed by atoms with Crippen LogP contribution in [0.2, 0.25) is 0 Å². The molecule has 2 aromatic rings. The molecule has 2 aliphatic rings. The van der Waals surface area contributed by atoms with Gasteiger partial charge in [-0.15, -0.1) is 0 Å². The second kappa shape index (κ2) is 11.2. The van der Waals surface area contributed by atoms with E-state index in [0.717, 1.165) is 62.8 Å². The zero-order chi connectivity index (χ0) is 26.6. The maximum Gasteiger partial charge on any atom is 0.416 e. The van der Waals surface area contributed by atoms with E-state index in [0.29, 0.717) is 12.6 Å². The molecule has 0 aromatic heterocycles. The van der Waals surface area contributed by atoms with E-state index >= 15 is 0 Å². The average Bonchev–Trinajstić information content (AvgIpc) is 3.35. The molecule has 0 bridgehead atoms. The van der Waals surface area contributed by atoms with Crippen molar-refractivity contribution in [2.45, 2.75) is 37.5 Å². The number of anilines is 1. The summed E-state index contributed by atoms with van der Waals surface area (Å²) in [6.07, 6.45) is -1.86. The Morgan fingerprint density at radius 3 is 2.30 bits per heavy atom. The Kier molecular flexibility index (Phi) is 8.01. The van der Waals surface area contributed by atoms with E-state index in [9.17, 15) is 27.6 Å². The van der Waals surface area contributed by atoms with Crippen LogP contribution in [0.15, 0.2) is 48.5 Å². The number of alkyl halides is 3. The summed E-state index contributed by atoms with van der Waals surface area (Å²) in [4.78, 5) is 40.2. The van der Waals surface area contributed by atoms with Crippen LogP contribution in [0.1, 0.15) is 45.5 Å². The number of nitrogens with zero attached hydrogens (tertiary/aromatic N) is 2. The van der Waals surface area contributed by atoms with Crippen LogP contribution in [0.3, 0.4) is 0 Å². The van der Waals surface area contributed by atoms with Crippen molar-refractivity contribution in [1.82, 2.24) is 15.5 Å². The number of aromatic carboxylic acids is 1. The molecule has 2 amide bonds. The lowest BCUT2D eigenvalue weighted by Gasteiger charge is -2.38. The van der Waals surface area contributed by atoms with Crippen molar-refractivity contribution in [2.24, 2.45) is 0 Å². The summed E-state index contributed by atoms with van der Waals surface area (Å²) < 4.78 is 38.6. The number of halogens is 3. The minimum absolute atomic E-state index is 0.0560. The number of amides is 2. The Morgan fingerprint density at radius 1 is 0.946 bits per heavy atom. The van der Waals surface area contributed by atoms with Gasteiger partial charge in [-0.25, -0.2) is 4.79 Å². The fourth-order valence-corrected chi connectivity index (χ4v) is 4.92. The molecular formula is C26H29F3N4O4. The van der Waals surface area contributed by atoms with Crippen molar-refractivity contribution in [2.75, 3.05) is 37.6 Å². The van der Waals surface area contributed by atoms with Gasteiger partial charge in [-0.2, -0.15) is 13.2 Å². The van der Waals surface area contributed by atoms with Gasteiger partial charge >= 0.3 is 12.1 Å². The number of hydrogen-bond donors (Lipinski definition) is 3. The lowest BCUT2D eigenvalue weighted by atomic mass is 10.0. The largest absolute Gasteiger partial charge is 0.478 e. The van der Waals surface area contributed by atoms with Crippen molar-refractivity contribution >= 4 is 23.5 Å². The Balaban J connectivity index is 1.19. The molecule has 0 spiro atoms. The van der Waals surface area contributed by atoms with Crippen LogP contribution < -0.4 is 15.5 Å². The summed E-state index contributed by atoms with van der Waals surface area (Å²) in [5, 5.41) is 14.3. The molecule has 2 aliphatic heterocycles. The third-order valence-corrected chi connectivity index (χ3v) is 6.91. The zero-order valence-electron chi connectivity index (χ0n) is 20.1. The Bertz CT molecular complexity index is 1130. The highest BCUT2D eigenvalue weighted by atomic mass is 19.4. The Hall–Kier alpha value is -3.60. The molecule has 2 heterocycles. The lowest BCUT2D eigenvalue weighted by molar-refractivity contribution is -0.137. The second-order valence-corrected chi connectivity index (χ2v) is 9.38. The molecule has 0 saturated carbocycles. The van der Waals surface area contributed by atoms with Crippen molar-refractivity contribution in [3.8, 4) is 0 Å². The fourth-order valence-electron chi connectivity index (χ4n) is 4.92. The second-order valence-electron chi connectivity index (χ2n) is 9.38. The maximum absolute atomic E-state index is 12.9. The summed E-state index contributed by atoms with van der Waals surface area (Å²) in [6.45, 7) is 2.94. The summed E-state index contributed by atoms with van der Waals surface area (Å²) in [5.41, 5.74) is 0.192. The SMILES string of the molecule is O=C(CNC(=O)c1cccc(C(F)(F)F)c1)N[C@@H]1CCN(C2CCN(c3ccc(C(=O)O)cc3)CC2)C1. The van der Waals surface area contributed by atoms with Gasteiger partial charge < -0.3 is 20.6 Å². The summed E-state index contributed by atoms with van der Waals surface area (Å²) in [5.74, 6) is -2.07. The highest BCUT2D eigenvalue weighted by Crippen LogP contribution is 2.29. The van der Waals surface area contributed by atoms with Gasteiger partial charge in [0.15, 0.2) is 0 Å². The van der Waals surface area contributed by atoms with Gasteiger partial charge in [-0.05, 0) is 61.7 Å². The van der Waals surface area contributed by atoms with Gasteiger partial charge in [-0.3, -0.25) is 14.5 Å². The third-order valence-electron chi connectivity index (χ3n) is 6.91. The molecular weight excluding hydrogens is 489 g/mol. The molecule has 8 nitrogen and oxygen atoms in total. The van der Waals surface area contributed by atoms with Crippen molar-refractivity contribution in [3.63, 3.8) is 0 Å². The summed E-state index contributed by atoms with van der Waals surface area (Å²) in [7, 11) is 0. The van der Waals surface area contributed by atoms with Gasteiger partial charge in [0.1, 0.15) is 0 Å². The van der Waals surface area contributed by atoms with Crippen LogP contribution in [0.4, 0.5) is 18.9 Å². The van der Waals surface area contributed by atoms with E-state index in [1.165, 1.54) is 6.07 Å². The monoisotopic (exact) mass is 518 g/mol. The number of carboxylic acids is 1. The Labute approximate surface area is 212 Å². The number of hydrogen-bond acceptors (Lipinski definition) is 5. The first kappa shape index (κ1) is 26.5. The smallest absolute Gasteiger partial charge is 0.416 e. The van der Waals surface area contributed by atoms with E-state index in [4.69, 9.17) is 5.11 Å². The van der Waals surface area contributed by atoms with Crippen LogP contribution in [0.5, 0.6) is 0 Å². The number of carboxylic acid groups (broad SMARTS) is 1. The quantitative estimate of drug-likeness (QED) is 0.521. The van der Waals surface area contributed by atoms with Gasteiger partial charge in [-0.1, -0.05) is 6.07 Å². The fraction of sp³-hybridized carbons (Fsp3) is 0.423. The normalized spacial score (nSPS) is 19.0. The molecule has 37 heavy (non-hydrogen) atoms. The summed E-state index contributed by atoms with van der Waals surface area (Å²) >= 11 is 0. The van der Waals surface area contributed by atoms with E-state index in [1.54, 1.807) is 12.1 Å². The van der Waals surface area contributed by atoms with Gasteiger partial charge in [0, 0.05) is 49.5 Å². The molecule has 4 rings (SSSR count). The predicted octanol–water partition coefficient (Wildman–Crippen LogP) is 2.99. The number of nitrogens with one attached hydrogen (secondary N) is 2. The van der Waals surface area contributed by atoms with E-state index in [-0.39, 0.29) is 29.6 Å². The van der Waals surface area contributed by atoms with E-state index in [2.05, 4.69) is 20.4 Å². The number of carbonyl (C=O) groups excluding carboxylic acids is 2. The number of carbonyl (C=O) groups is 3. The molecule has 0 aliphatic carbocycles. The zero-order valence-corrected chi connectivity index (χ0v) is 20.1. The minimum atomic E-state index is -4.55. The molecule has 3 N–H and O–H groups in total. The van der Waals surface area contributed by atoms with Crippen LogP contribution in [0, 0.1) is 0 Å². The first-order valence-electron chi connectivity index (χ1n) is 12.2. The molecule has 2 saturated heterocycles. The van der Waals surface area contributed by atoms with Gasteiger partial charge in [0.2, 0.25) is 5.91 Å². The predicted molar refractivity (Wildman–Crippen MR) is 131 cm³/mol. The van der Waals surface area contributed by atoms with E-state index in [1.807, 2.05) is 12.1 Å². The first-order chi connectivity index (χ1) is 17.6. The number of rotatable bonds is 7. The first-order valence-corrected chi connectivity index (χ1v) is 12.2. The minimum Gasteiger partial charge on any atom is -0.478 e. The lowest BCUT2D eigenvalue weighted by Crippen LogP contribution is -2.46.